The molecule has 1 aliphatic rings. The molecule has 0 amide bonds. The summed E-state index contributed by atoms with van der Waals surface area (Å²) in [6, 6.07) is 0. The Morgan fingerprint density at radius 1 is 1.70 bits per heavy atom. The molecular formula is C6H5BrF2O. The van der Waals surface area contributed by atoms with Gasteiger partial charge in [-0.2, -0.15) is 0 Å². The maximum absolute atomic E-state index is 12.5. The van der Waals surface area contributed by atoms with Crippen LogP contribution in [0.15, 0.2) is 22.7 Å². The lowest BCUT2D eigenvalue weighted by Crippen LogP contribution is -2.32. The van der Waals surface area contributed by atoms with Crippen LogP contribution in [0.4, 0.5) is 8.78 Å². The van der Waals surface area contributed by atoms with Gasteiger partial charge in [0.15, 0.2) is 6.17 Å². The molecule has 1 aliphatic carbocycles. The van der Waals surface area contributed by atoms with Crippen molar-refractivity contribution in [3.63, 3.8) is 0 Å². The molecular weight excluding hydrogens is 206 g/mol. The van der Waals surface area contributed by atoms with Crippen LogP contribution < -0.4 is 0 Å². The molecule has 2 unspecified atom stereocenters. The lowest BCUT2D eigenvalue weighted by atomic mass is 10.1. The van der Waals surface area contributed by atoms with Crippen LogP contribution >= 0.6 is 15.9 Å². The monoisotopic (exact) mass is 210 g/mol. The number of halogens is 3. The molecule has 0 radical (unpaired) electrons. The molecule has 0 aromatic rings. The number of hydrogen-bond acceptors (Lipinski definition) is 1. The second kappa shape index (κ2) is 2.43. The molecule has 1 nitrogen and oxygen atoms in total. The van der Waals surface area contributed by atoms with E-state index in [0.717, 1.165) is 12.2 Å². The molecule has 0 aliphatic heterocycles. The predicted octanol–water partition coefficient (Wildman–Crippen LogP) is 1.83. The molecule has 4 heteroatoms. The normalized spacial score (nSPS) is 39.6. The van der Waals surface area contributed by atoms with Crippen molar-refractivity contribution in [3.05, 3.63) is 22.7 Å². The first-order valence-electron chi connectivity index (χ1n) is 2.64. The lowest BCUT2D eigenvalue weighted by Gasteiger charge is -2.19. The van der Waals surface area contributed by atoms with Gasteiger partial charge in [-0.3, -0.25) is 0 Å². The summed E-state index contributed by atoms with van der Waals surface area (Å²) in [5.74, 6) is -2.84. The molecule has 2 atom stereocenters. The number of allylic oxidation sites excluding steroid dienone is 2. The average molecular weight is 211 g/mol. The van der Waals surface area contributed by atoms with E-state index in [9.17, 15) is 8.78 Å². The summed E-state index contributed by atoms with van der Waals surface area (Å²) in [4.78, 5) is 0. The van der Waals surface area contributed by atoms with Gasteiger partial charge in [-0.15, -0.1) is 0 Å². The molecule has 1 N–H and O–H groups in total. The van der Waals surface area contributed by atoms with Crippen molar-refractivity contribution in [2.75, 3.05) is 0 Å². The predicted molar refractivity (Wildman–Crippen MR) is 37.1 cm³/mol. The first-order chi connectivity index (χ1) is 4.52. The molecule has 0 saturated heterocycles. The Bertz CT molecular complexity index is 198. The molecule has 0 spiro atoms. The molecule has 0 aromatic carbocycles. The first kappa shape index (κ1) is 7.88. The molecule has 0 bridgehead atoms. The van der Waals surface area contributed by atoms with Crippen molar-refractivity contribution >= 4 is 15.9 Å². The summed E-state index contributed by atoms with van der Waals surface area (Å²) in [6.45, 7) is 0. The zero-order valence-electron chi connectivity index (χ0n) is 4.89. The topological polar surface area (TPSA) is 20.2 Å². The largest absolute Gasteiger partial charge is 0.356 e. The molecule has 0 fully saturated rings. The van der Waals surface area contributed by atoms with Gasteiger partial charge in [0.25, 0.3) is 5.85 Å². The minimum absolute atomic E-state index is 0.433. The Morgan fingerprint density at radius 2 is 2.30 bits per heavy atom. The second-order valence-corrected chi connectivity index (χ2v) is 2.93. The van der Waals surface area contributed by atoms with Gasteiger partial charge in [-0.05, 0) is 18.2 Å². The fraction of sp³-hybridized carbons (Fsp3) is 0.333. The van der Waals surface area contributed by atoms with Crippen LogP contribution in [-0.2, 0) is 0 Å². The van der Waals surface area contributed by atoms with Crippen LogP contribution in [0.2, 0.25) is 0 Å². The summed E-state index contributed by atoms with van der Waals surface area (Å²) < 4.78 is 25.3. The number of aliphatic hydroxyl groups is 1. The van der Waals surface area contributed by atoms with E-state index in [4.69, 9.17) is 5.11 Å². The van der Waals surface area contributed by atoms with Crippen LogP contribution in [0.25, 0.3) is 0 Å². The van der Waals surface area contributed by atoms with Crippen molar-refractivity contribution in [2.24, 2.45) is 0 Å². The van der Waals surface area contributed by atoms with Crippen molar-refractivity contribution in [1.29, 1.82) is 0 Å². The summed E-state index contributed by atoms with van der Waals surface area (Å²) in [6.07, 6.45) is 1.00. The zero-order valence-corrected chi connectivity index (χ0v) is 6.48. The highest BCUT2D eigenvalue weighted by Gasteiger charge is 2.35. The van der Waals surface area contributed by atoms with E-state index in [2.05, 4.69) is 15.9 Å². The van der Waals surface area contributed by atoms with E-state index in [-0.39, 0.29) is 0 Å². The first-order valence-corrected chi connectivity index (χ1v) is 3.43. The highest BCUT2D eigenvalue weighted by Crippen LogP contribution is 2.27. The Balaban J connectivity index is 2.84. The standard InChI is InChI=1S/C6H5BrF2O/c7-4-1-2-6(9,10)5(8)3-4/h1-3,5,10H. The van der Waals surface area contributed by atoms with Crippen LogP contribution in [0.1, 0.15) is 0 Å². The number of alkyl halides is 2. The van der Waals surface area contributed by atoms with E-state index < -0.39 is 12.0 Å². The van der Waals surface area contributed by atoms with E-state index >= 15 is 0 Å². The molecule has 0 saturated carbocycles. The molecule has 0 heterocycles. The van der Waals surface area contributed by atoms with Crippen molar-refractivity contribution < 1.29 is 13.9 Å². The smallest absolute Gasteiger partial charge is 0.261 e. The van der Waals surface area contributed by atoms with Crippen molar-refractivity contribution in [2.45, 2.75) is 12.0 Å². The van der Waals surface area contributed by atoms with Crippen LogP contribution in [0.3, 0.4) is 0 Å². The van der Waals surface area contributed by atoms with Gasteiger partial charge in [0.05, 0.1) is 0 Å². The maximum Gasteiger partial charge on any atom is 0.261 e. The van der Waals surface area contributed by atoms with Gasteiger partial charge in [-0.25, -0.2) is 8.78 Å². The SMILES string of the molecule is OC1(F)C=CC(Br)=CC1F. The van der Waals surface area contributed by atoms with Gasteiger partial charge in [0.2, 0.25) is 0 Å². The van der Waals surface area contributed by atoms with E-state index in [1.165, 1.54) is 6.08 Å². The van der Waals surface area contributed by atoms with E-state index in [0.29, 0.717) is 4.48 Å². The Labute approximate surface area is 65.2 Å². The van der Waals surface area contributed by atoms with Crippen LogP contribution in [0, 0.1) is 0 Å². The summed E-state index contributed by atoms with van der Waals surface area (Å²) in [5, 5.41) is 8.57. The van der Waals surface area contributed by atoms with Crippen molar-refractivity contribution in [3.8, 4) is 0 Å². The Kier molecular flexibility index (Phi) is 1.92. The van der Waals surface area contributed by atoms with Crippen molar-refractivity contribution in [1.82, 2.24) is 0 Å². The Morgan fingerprint density at radius 3 is 2.70 bits per heavy atom. The zero-order chi connectivity index (χ0) is 7.78. The third kappa shape index (κ3) is 1.44. The number of hydrogen-bond donors (Lipinski definition) is 1. The van der Waals surface area contributed by atoms with Gasteiger partial charge in [0, 0.05) is 4.48 Å². The Hall–Kier alpha value is -0.220. The highest BCUT2D eigenvalue weighted by molar-refractivity contribution is 9.11. The molecule has 1 rings (SSSR count). The quantitative estimate of drug-likeness (QED) is 0.647. The third-order valence-corrected chi connectivity index (χ3v) is 1.70. The average Bonchev–Trinajstić information content (AvgIpc) is 1.81. The minimum atomic E-state index is -2.84. The second-order valence-electron chi connectivity index (χ2n) is 2.01. The van der Waals surface area contributed by atoms with Gasteiger partial charge >= 0.3 is 0 Å². The third-order valence-electron chi connectivity index (χ3n) is 1.17. The van der Waals surface area contributed by atoms with Gasteiger partial charge < -0.3 is 5.11 Å². The van der Waals surface area contributed by atoms with E-state index in [1.807, 2.05) is 0 Å². The molecule has 0 aromatic heterocycles. The fourth-order valence-electron chi connectivity index (χ4n) is 0.601. The van der Waals surface area contributed by atoms with Gasteiger partial charge in [-0.1, -0.05) is 15.9 Å². The van der Waals surface area contributed by atoms with Crippen LogP contribution in [0.5, 0.6) is 0 Å². The lowest BCUT2D eigenvalue weighted by molar-refractivity contribution is -0.0865. The summed E-state index contributed by atoms with van der Waals surface area (Å²) >= 11 is 2.94. The van der Waals surface area contributed by atoms with E-state index in [1.54, 1.807) is 0 Å². The molecule has 56 valence electrons. The van der Waals surface area contributed by atoms with Gasteiger partial charge in [0.1, 0.15) is 0 Å². The van der Waals surface area contributed by atoms with Crippen LogP contribution in [-0.4, -0.2) is 17.1 Å². The summed E-state index contributed by atoms with van der Waals surface area (Å²) in [5.41, 5.74) is 0. The highest BCUT2D eigenvalue weighted by atomic mass is 79.9. The summed E-state index contributed by atoms with van der Waals surface area (Å²) in [7, 11) is 0. The fourth-order valence-corrected chi connectivity index (χ4v) is 0.965. The molecule has 10 heavy (non-hydrogen) atoms. The maximum atomic E-state index is 12.5. The number of rotatable bonds is 0. The minimum Gasteiger partial charge on any atom is -0.356 e.